The van der Waals surface area contributed by atoms with Crippen LogP contribution in [0.5, 0.6) is 0 Å². The predicted octanol–water partition coefficient (Wildman–Crippen LogP) is 4.71. The number of nitrogens with one attached hydrogen (secondary N) is 1. The summed E-state index contributed by atoms with van der Waals surface area (Å²) in [4.78, 5) is 14.4. The zero-order valence-electron chi connectivity index (χ0n) is 11.6. The second-order valence-corrected chi connectivity index (χ2v) is 5.64. The van der Waals surface area contributed by atoms with Crippen molar-refractivity contribution in [2.24, 2.45) is 0 Å². The summed E-state index contributed by atoms with van der Waals surface area (Å²) in [6, 6.07) is 17.5. The zero-order valence-corrected chi connectivity index (χ0v) is 12.4. The predicted molar refractivity (Wildman–Crippen MR) is 85.6 cm³/mol. The van der Waals surface area contributed by atoms with Gasteiger partial charge in [-0.3, -0.25) is 0 Å². The van der Waals surface area contributed by atoms with Crippen molar-refractivity contribution >= 4 is 23.3 Å². The Hall–Kier alpha value is -2.00. The number of urea groups is 1. The normalized spacial score (nSPS) is 17.8. The SMILES string of the molecule is O=C(Nc1cccc(Cl)c1)N1CCCC1c1ccccc1. The average molecular weight is 301 g/mol. The highest BCUT2D eigenvalue weighted by Gasteiger charge is 2.29. The minimum absolute atomic E-state index is 0.0661. The third-order valence-electron chi connectivity index (χ3n) is 3.77. The lowest BCUT2D eigenvalue weighted by Gasteiger charge is -2.25. The van der Waals surface area contributed by atoms with Crippen molar-refractivity contribution in [1.82, 2.24) is 4.90 Å². The van der Waals surface area contributed by atoms with Crippen molar-refractivity contribution in [1.29, 1.82) is 0 Å². The maximum Gasteiger partial charge on any atom is 0.322 e. The monoisotopic (exact) mass is 300 g/mol. The van der Waals surface area contributed by atoms with Crippen LogP contribution in [0.3, 0.4) is 0 Å². The van der Waals surface area contributed by atoms with Crippen LogP contribution >= 0.6 is 11.6 Å². The molecule has 3 nitrogen and oxygen atoms in total. The number of benzene rings is 2. The summed E-state index contributed by atoms with van der Waals surface area (Å²) in [5.41, 5.74) is 1.92. The van der Waals surface area contributed by atoms with Gasteiger partial charge in [-0.1, -0.05) is 48.0 Å². The average Bonchev–Trinajstić information content (AvgIpc) is 2.98. The first-order valence-electron chi connectivity index (χ1n) is 7.12. The molecular weight excluding hydrogens is 284 g/mol. The van der Waals surface area contributed by atoms with Crippen molar-refractivity contribution in [3.63, 3.8) is 0 Å². The summed E-state index contributed by atoms with van der Waals surface area (Å²) in [7, 11) is 0. The van der Waals surface area contributed by atoms with Gasteiger partial charge < -0.3 is 10.2 Å². The third kappa shape index (κ3) is 3.19. The Morgan fingerprint density at radius 3 is 2.71 bits per heavy atom. The van der Waals surface area contributed by atoms with Gasteiger partial charge in [-0.15, -0.1) is 0 Å². The van der Waals surface area contributed by atoms with Gasteiger partial charge >= 0.3 is 6.03 Å². The van der Waals surface area contributed by atoms with Crippen LogP contribution < -0.4 is 5.32 Å². The number of likely N-dealkylation sites (tertiary alicyclic amines) is 1. The van der Waals surface area contributed by atoms with E-state index in [1.165, 1.54) is 5.56 Å². The Morgan fingerprint density at radius 2 is 1.95 bits per heavy atom. The summed E-state index contributed by atoms with van der Waals surface area (Å²) in [6.45, 7) is 0.784. The van der Waals surface area contributed by atoms with E-state index < -0.39 is 0 Å². The van der Waals surface area contributed by atoms with Crippen molar-refractivity contribution in [3.8, 4) is 0 Å². The molecule has 2 aromatic rings. The van der Waals surface area contributed by atoms with Crippen LogP contribution in [0, 0.1) is 0 Å². The van der Waals surface area contributed by atoms with Gasteiger partial charge in [0.2, 0.25) is 0 Å². The summed E-state index contributed by atoms with van der Waals surface area (Å²) >= 11 is 5.95. The van der Waals surface area contributed by atoms with Crippen LogP contribution in [0.1, 0.15) is 24.4 Å². The summed E-state index contributed by atoms with van der Waals surface area (Å²) < 4.78 is 0. The minimum atomic E-state index is -0.0661. The Labute approximate surface area is 129 Å². The molecule has 21 heavy (non-hydrogen) atoms. The van der Waals surface area contributed by atoms with E-state index in [2.05, 4.69) is 17.4 Å². The lowest BCUT2D eigenvalue weighted by molar-refractivity contribution is 0.207. The highest BCUT2D eigenvalue weighted by Crippen LogP contribution is 2.32. The lowest BCUT2D eigenvalue weighted by atomic mass is 10.1. The van der Waals surface area contributed by atoms with Gasteiger partial charge in [-0.25, -0.2) is 4.79 Å². The largest absolute Gasteiger partial charge is 0.322 e. The van der Waals surface area contributed by atoms with Gasteiger partial charge in [0.25, 0.3) is 0 Å². The first-order valence-corrected chi connectivity index (χ1v) is 7.50. The number of carbonyl (C=O) groups is 1. The summed E-state index contributed by atoms with van der Waals surface area (Å²) in [5.74, 6) is 0. The molecule has 1 aliphatic rings. The maximum absolute atomic E-state index is 12.5. The molecule has 1 aliphatic heterocycles. The number of nitrogens with zero attached hydrogens (tertiary/aromatic N) is 1. The highest BCUT2D eigenvalue weighted by atomic mass is 35.5. The quantitative estimate of drug-likeness (QED) is 0.856. The third-order valence-corrected chi connectivity index (χ3v) is 4.01. The molecule has 2 aromatic carbocycles. The van der Waals surface area contributed by atoms with Crippen LogP contribution in [-0.2, 0) is 0 Å². The van der Waals surface area contributed by atoms with Crippen LogP contribution in [0.4, 0.5) is 10.5 Å². The number of amides is 2. The molecule has 1 saturated heterocycles. The van der Waals surface area contributed by atoms with Crippen molar-refractivity contribution in [3.05, 3.63) is 65.2 Å². The highest BCUT2D eigenvalue weighted by molar-refractivity contribution is 6.30. The number of anilines is 1. The molecule has 0 spiro atoms. The molecule has 1 N–H and O–H groups in total. The molecule has 108 valence electrons. The lowest BCUT2D eigenvalue weighted by Crippen LogP contribution is -2.34. The van der Waals surface area contributed by atoms with Crippen LogP contribution in [0.25, 0.3) is 0 Å². The molecule has 1 fully saturated rings. The molecule has 0 radical (unpaired) electrons. The Balaban J connectivity index is 1.74. The molecule has 4 heteroatoms. The molecule has 0 aliphatic carbocycles. The van der Waals surface area contributed by atoms with Gasteiger partial charge in [0, 0.05) is 17.3 Å². The van der Waals surface area contributed by atoms with Crippen LogP contribution in [0.2, 0.25) is 5.02 Å². The van der Waals surface area contributed by atoms with E-state index >= 15 is 0 Å². The zero-order chi connectivity index (χ0) is 14.7. The molecule has 0 saturated carbocycles. The Bertz CT molecular complexity index is 630. The van der Waals surface area contributed by atoms with Gasteiger partial charge in [0.05, 0.1) is 6.04 Å². The molecule has 0 bridgehead atoms. The second-order valence-electron chi connectivity index (χ2n) is 5.20. The van der Waals surface area contributed by atoms with Crippen molar-refractivity contribution in [2.75, 3.05) is 11.9 Å². The number of hydrogen-bond donors (Lipinski definition) is 1. The number of hydrogen-bond acceptors (Lipinski definition) is 1. The maximum atomic E-state index is 12.5. The summed E-state index contributed by atoms with van der Waals surface area (Å²) in [6.07, 6.45) is 2.04. The number of carbonyl (C=O) groups excluding carboxylic acids is 1. The first kappa shape index (κ1) is 14.0. The molecule has 1 atom stereocenters. The van der Waals surface area contributed by atoms with Crippen LogP contribution in [-0.4, -0.2) is 17.5 Å². The molecule has 2 amide bonds. The van der Waals surface area contributed by atoms with E-state index in [-0.39, 0.29) is 12.1 Å². The van der Waals surface area contributed by atoms with Crippen molar-refractivity contribution < 1.29 is 4.79 Å². The fourth-order valence-corrected chi connectivity index (χ4v) is 2.98. The fraction of sp³-hybridized carbons (Fsp3) is 0.235. The minimum Gasteiger partial charge on any atom is -0.317 e. The van der Waals surface area contributed by atoms with Gasteiger partial charge in [0.15, 0.2) is 0 Å². The van der Waals surface area contributed by atoms with E-state index in [0.717, 1.165) is 25.1 Å². The van der Waals surface area contributed by atoms with Crippen LogP contribution in [0.15, 0.2) is 54.6 Å². The Morgan fingerprint density at radius 1 is 1.14 bits per heavy atom. The van der Waals surface area contributed by atoms with E-state index in [1.54, 1.807) is 12.1 Å². The van der Waals surface area contributed by atoms with Gasteiger partial charge in [-0.05, 0) is 36.6 Å². The topological polar surface area (TPSA) is 32.3 Å². The first-order chi connectivity index (χ1) is 10.2. The van der Waals surface area contributed by atoms with E-state index in [1.807, 2.05) is 35.2 Å². The number of rotatable bonds is 2. The Kier molecular flexibility index (Phi) is 4.11. The molecule has 0 aromatic heterocycles. The standard InChI is InChI=1S/C17H17ClN2O/c18-14-8-4-9-15(12-14)19-17(21)20-11-5-10-16(20)13-6-2-1-3-7-13/h1-4,6-9,12,16H,5,10-11H2,(H,19,21). The molecule has 3 rings (SSSR count). The summed E-state index contributed by atoms with van der Waals surface area (Å²) in [5, 5.41) is 3.55. The fourth-order valence-electron chi connectivity index (χ4n) is 2.79. The van der Waals surface area contributed by atoms with E-state index in [0.29, 0.717) is 5.02 Å². The van der Waals surface area contributed by atoms with E-state index in [4.69, 9.17) is 11.6 Å². The van der Waals surface area contributed by atoms with Gasteiger partial charge in [0.1, 0.15) is 0 Å². The molecule has 1 unspecified atom stereocenters. The molecular formula is C17H17ClN2O. The second kappa shape index (κ2) is 6.19. The number of halogens is 1. The van der Waals surface area contributed by atoms with E-state index in [9.17, 15) is 4.79 Å². The van der Waals surface area contributed by atoms with Gasteiger partial charge in [-0.2, -0.15) is 0 Å². The smallest absolute Gasteiger partial charge is 0.317 e. The van der Waals surface area contributed by atoms with Crippen molar-refractivity contribution in [2.45, 2.75) is 18.9 Å². The molecule has 1 heterocycles.